The van der Waals surface area contributed by atoms with E-state index in [1.165, 1.54) is 16.8 Å². The second-order valence-corrected chi connectivity index (χ2v) is 9.46. The molecule has 3 aromatic rings. The first-order valence-corrected chi connectivity index (χ1v) is 12.9. The molecule has 0 radical (unpaired) electrons. The van der Waals surface area contributed by atoms with E-state index in [0.29, 0.717) is 23.1 Å². The molecule has 1 aromatic heterocycles. The van der Waals surface area contributed by atoms with Crippen LogP contribution in [0.3, 0.4) is 0 Å². The quantitative estimate of drug-likeness (QED) is 0.326. The number of carbonyl (C=O) groups is 1. The Balaban J connectivity index is 1.79. The Kier molecular flexibility index (Phi) is 10.6. The molecule has 1 heterocycles. The van der Waals surface area contributed by atoms with E-state index in [0.717, 1.165) is 35.1 Å². The third-order valence-electron chi connectivity index (χ3n) is 6.29. The summed E-state index contributed by atoms with van der Waals surface area (Å²) in [6.45, 7) is 3.53. The number of ether oxygens (including phenoxy) is 2. The van der Waals surface area contributed by atoms with Crippen molar-refractivity contribution in [3.8, 4) is 11.5 Å². The van der Waals surface area contributed by atoms with E-state index in [-0.39, 0.29) is 31.2 Å². The van der Waals surface area contributed by atoms with Crippen molar-refractivity contribution in [2.75, 3.05) is 20.3 Å². The highest BCUT2D eigenvalue weighted by atomic mass is 35.5. The molecule has 10 heteroatoms. The molecule has 0 bridgehead atoms. The fourth-order valence-electron chi connectivity index (χ4n) is 4.25. The number of unbranched alkanes of at least 4 members (excludes halogenated alkanes) is 1. The van der Waals surface area contributed by atoms with Crippen molar-refractivity contribution in [1.29, 1.82) is 0 Å². The van der Waals surface area contributed by atoms with Crippen molar-refractivity contribution in [1.82, 2.24) is 14.0 Å². The third kappa shape index (κ3) is 7.72. The Morgan fingerprint density at radius 3 is 2.50 bits per heavy atom. The predicted octanol–water partition coefficient (Wildman–Crippen LogP) is 4.11. The second-order valence-electron chi connectivity index (χ2n) is 9.02. The Morgan fingerprint density at radius 1 is 1.11 bits per heavy atom. The molecule has 1 atom stereocenters. The lowest BCUT2D eigenvalue weighted by Crippen LogP contribution is -2.39. The number of hydrogen-bond donors (Lipinski definition) is 1. The molecule has 204 valence electrons. The van der Waals surface area contributed by atoms with Crippen molar-refractivity contribution in [3.63, 3.8) is 0 Å². The lowest BCUT2D eigenvalue weighted by Gasteiger charge is -2.31. The Labute approximate surface area is 226 Å². The zero-order valence-corrected chi connectivity index (χ0v) is 22.7. The van der Waals surface area contributed by atoms with Gasteiger partial charge < -0.3 is 19.1 Å². The number of aliphatic carboxylic acids is 1. The number of carboxylic acid groups (broad SMARTS) is 1. The molecule has 2 aromatic carbocycles. The zero-order chi connectivity index (χ0) is 27.7. The average Bonchev–Trinajstić information content (AvgIpc) is 2.90. The molecule has 1 N–H and O–H groups in total. The van der Waals surface area contributed by atoms with Gasteiger partial charge in [-0.3, -0.25) is 19.1 Å². The molecule has 9 nitrogen and oxygen atoms in total. The monoisotopic (exact) mass is 543 g/mol. The SMILES string of the molecule is CCCCN(Cc1ccc(OCCn2c(=O)ccn(C)c2=O)c(OC)c1)C(CC(=O)O)c1ccc(Cl)cc1. The summed E-state index contributed by atoms with van der Waals surface area (Å²) in [5.74, 6) is 0.115. The van der Waals surface area contributed by atoms with Crippen LogP contribution in [0.1, 0.15) is 43.4 Å². The molecule has 0 spiro atoms. The largest absolute Gasteiger partial charge is 0.493 e. The van der Waals surface area contributed by atoms with Crippen LogP contribution in [-0.2, 0) is 24.9 Å². The predicted molar refractivity (Wildman–Crippen MR) is 146 cm³/mol. The van der Waals surface area contributed by atoms with E-state index in [4.69, 9.17) is 21.1 Å². The molecule has 0 saturated heterocycles. The van der Waals surface area contributed by atoms with Gasteiger partial charge >= 0.3 is 11.7 Å². The second kappa shape index (κ2) is 13.8. The summed E-state index contributed by atoms with van der Waals surface area (Å²) in [5, 5.41) is 10.2. The van der Waals surface area contributed by atoms with Crippen LogP contribution < -0.4 is 20.7 Å². The maximum absolute atomic E-state index is 12.2. The fraction of sp³-hybridized carbons (Fsp3) is 0.393. The first-order chi connectivity index (χ1) is 18.2. The van der Waals surface area contributed by atoms with Crippen molar-refractivity contribution in [3.05, 3.63) is 91.7 Å². The number of aryl methyl sites for hydroxylation is 1. The average molecular weight is 544 g/mol. The van der Waals surface area contributed by atoms with E-state index in [1.54, 1.807) is 32.4 Å². The maximum atomic E-state index is 12.2. The molecule has 3 rings (SSSR count). The van der Waals surface area contributed by atoms with Crippen LogP contribution in [-0.4, -0.2) is 45.4 Å². The minimum Gasteiger partial charge on any atom is -0.493 e. The van der Waals surface area contributed by atoms with E-state index in [1.807, 2.05) is 24.3 Å². The van der Waals surface area contributed by atoms with Gasteiger partial charge in [-0.25, -0.2) is 4.79 Å². The number of carboxylic acids is 1. The smallest absolute Gasteiger partial charge is 0.330 e. The minimum absolute atomic E-state index is 0.0397. The van der Waals surface area contributed by atoms with Gasteiger partial charge in [-0.15, -0.1) is 0 Å². The standard InChI is InChI=1S/C28H34ClN3O6/c1-4-5-13-31(23(18-27(34)35)21-7-9-22(29)10-8-21)19-20-6-11-24(25(17-20)37-3)38-16-15-32-26(33)12-14-30(2)28(32)36/h6-12,14,17,23H,4-5,13,15-16,18-19H2,1-3H3,(H,34,35). The molecule has 0 aliphatic carbocycles. The van der Waals surface area contributed by atoms with Gasteiger partial charge in [-0.05, 0) is 48.4 Å². The van der Waals surface area contributed by atoms with Crippen LogP contribution in [0.25, 0.3) is 0 Å². The summed E-state index contributed by atoms with van der Waals surface area (Å²) in [4.78, 5) is 38.2. The molecular formula is C28H34ClN3O6. The van der Waals surface area contributed by atoms with Gasteiger partial charge in [0.1, 0.15) is 6.61 Å². The number of nitrogens with zero attached hydrogens (tertiary/aromatic N) is 3. The van der Waals surface area contributed by atoms with Crippen LogP contribution in [0.5, 0.6) is 11.5 Å². The van der Waals surface area contributed by atoms with Gasteiger partial charge in [0.25, 0.3) is 5.56 Å². The van der Waals surface area contributed by atoms with E-state index in [9.17, 15) is 19.5 Å². The molecular weight excluding hydrogens is 510 g/mol. The molecule has 0 fully saturated rings. The van der Waals surface area contributed by atoms with Gasteiger partial charge in [0.05, 0.1) is 20.1 Å². The number of rotatable bonds is 14. The minimum atomic E-state index is -0.875. The highest BCUT2D eigenvalue weighted by Gasteiger charge is 2.24. The Hall–Kier alpha value is -3.56. The van der Waals surface area contributed by atoms with Crippen LogP contribution >= 0.6 is 11.6 Å². The van der Waals surface area contributed by atoms with Gasteiger partial charge in [0, 0.05) is 36.9 Å². The van der Waals surface area contributed by atoms with Crippen LogP contribution in [0.2, 0.25) is 5.02 Å². The van der Waals surface area contributed by atoms with Crippen molar-refractivity contribution in [2.45, 2.75) is 45.3 Å². The van der Waals surface area contributed by atoms with E-state index in [2.05, 4.69) is 11.8 Å². The first kappa shape index (κ1) is 29.0. The van der Waals surface area contributed by atoms with Gasteiger partial charge in [0.15, 0.2) is 11.5 Å². The van der Waals surface area contributed by atoms with E-state index >= 15 is 0 Å². The molecule has 0 aliphatic rings. The van der Waals surface area contributed by atoms with E-state index < -0.39 is 11.7 Å². The number of methoxy groups -OCH3 is 1. The summed E-state index contributed by atoms with van der Waals surface area (Å²) < 4.78 is 13.9. The van der Waals surface area contributed by atoms with Gasteiger partial charge in [-0.1, -0.05) is 43.1 Å². The van der Waals surface area contributed by atoms with Crippen LogP contribution in [0, 0.1) is 0 Å². The number of halogens is 1. The zero-order valence-electron chi connectivity index (χ0n) is 21.9. The summed E-state index contributed by atoms with van der Waals surface area (Å²) in [6, 6.07) is 13.9. The van der Waals surface area contributed by atoms with Crippen molar-refractivity contribution in [2.24, 2.45) is 7.05 Å². The van der Waals surface area contributed by atoms with Crippen LogP contribution in [0.4, 0.5) is 0 Å². The summed E-state index contributed by atoms with van der Waals surface area (Å²) in [5.41, 5.74) is 1.03. The van der Waals surface area contributed by atoms with Crippen molar-refractivity contribution >= 4 is 17.6 Å². The molecule has 38 heavy (non-hydrogen) atoms. The lowest BCUT2D eigenvalue weighted by molar-refractivity contribution is -0.138. The summed E-state index contributed by atoms with van der Waals surface area (Å²) in [6.07, 6.45) is 3.28. The first-order valence-electron chi connectivity index (χ1n) is 12.5. The van der Waals surface area contributed by atoms with Crippen LogP contribution in [0.15, 0.2) is 64.3 Å². The summed E-state index contributed by atoms with van der Waals surface area (Å²) >= 11 is 6.07. The Morgan fingerprint density at radius 2 is 1.84 bits per heavy atom. The Bertz CT molecular complexity index is 1340. The van der Waals surface area contributed by atoms with Crippen molar-refractivity contribution < 1.29 is 19.4 Å². The number of benzene rings is 2. The lowest BCUT2D eigenvalue weighted by atomic mass is 10.0. The van der Waals surface area contributed by atoms with Gasteiger partial charge in [0.2, 0.25) is 0 Å². The number of hydrogen-bond acceptors (Lipinski definition) is 6. The summed E-state index contributed by atoms with van der Waals surface area (Å²) in [7, 11) is 3.12. The molecule has 0 amide bonds. The number of aromatic nitrogens is 2. The van der Waals surface area contributed by atoms with Gasteiger partial charge in [-0.2, -0.15) is 0 Å². The molecule has 0 aliphatic heterocycles. The fourth-order valence-corrected chi connectivity index (χ4v) is 4.37. The maximum Gasteiger partial charge on any atom is 0.330 e. The third-order valence-corrected chi connectivity index (χ3v) is 6.54. The molecule has 0 saturated carbocycles. The molecule has 1 unspecified atom stereocenters. The highest BCUT2D eigenvalue weighted by molar-refractivity contribution is 6.30. The highest BCUT2D eigenvalue weighted by Crippen LogP contribution is 2.32. The topological polar surface area (TPSA) is 103 Å². The normalized spacial score (nSPS) is 11.9.